The van der Waals surface area contributed by atoms with Gasteiger partial charge in [0, 0.05) is 0 Å². The number of alkyl halides is 5. The molecule has 17 heavy (non-hydrogen) atoms. The Morgan fingerprint density at radius 3 is 1.94 bits per heavy atom. The Morgan fingerprint density at radius 2 is 1.71 bits per heavy atom. The normalized spacial score (nSPS) is 17.4. The summed E-state index contributed by atoms with van der Waals surface area (Å²) < 4.78 is 63.0. The molecule has 0 radical (unpaired) electrons. The summed E-state index contributed by atoms with van der Waals surface area (Å²) in [7, 11) is -3.46. The first-order valence-electron chi connectivity index (χ1n) is 4.36. The lowest BCUT2D eigenvalue weighted by Gasteiger charge is -2.27. The van der Waals surface area contributed by atoms with Gasteiger partial charge in [-0.15, -0.1) is 0 Å². The molecule has 9 heteroatoms. The summed E-state index contributed by atoms with van der Waals surface area (Å²) in [5.74, 6) is 0. The second-order valence-corrected chi connectivity index (χ2v) is 6.09. The minimum absolute atomic E-state index is 0.845. The smallest absolute Gasteiger partial charge is 0.236 e. The fraction of sp³-hybridized carbons (Fsp3) is 0.875. The van der Waals surface area contributed by atoms with Crippen LogP contribution in [0.25, 0.3) is 0 Å². The van der Waals surface area contributed by atoms with E-state index in [4.69, 9.17) is 5.26 Å². The largest absolute Gasteiger partial charge is 0.410 e. The highest BCUT2D eigenvalue weighted by Gasteiger charge is 2.61. The molecule has 0 saturated carbocycles. The highest BCUT2D eigenvalue weighted by Crippen LogP contribution is 2.40. The molecule has 100 valence electrons. The van der Waals surface area contributed by atoms with Crippen LogP contribution >= 0.6 is 11.6 Å². The molecule has 0 aliphatic carbocycles. The third-order valence-corrected chi connectivity index (χ3v) is 3.30. The summed E-state index contributed by atoms with van der Waals surface area (Å²) in [5, 5.41) is -1.25. The molecule has 0 aromatic rings. The summed E-state index contributed by atoms with van der Waals surface area (Å²) in [6.45, 7) is 4.51. The number of hydrogen-bond acceptors (Lipinski definition) is 2. The van der Waals surface area contributed by atoms with E-state index in [2.05, 4.69) is 11.6 Å². The highest BCUT2D eigenvalue weighted by atomic mass is 35.5. The van der Waals surface area contributed by atoms with Crippen LogP contribution in [0.15, 0.2) is 0 Å². The molecule has 0 bridgehead atoms. The molecule has 0 aliphatic heterocycles. The van der Waals surface area contributed by atoms with Crippen molar-refractivity contribution in [1.29, 1.82) is 5.26 Å². The maximum atomic E-state index is 12.9. The lowest BCUT2D eigenvalue weighted by molar-refractivity contribution is -0.0940. The lowest BCUT2D eigenvalue weighted by Crippen LogP contribution is -2.50. The van der Waals surface area contributed by atoms with Crippen molar-refractivity contribution in [3.63, 3.8) is 0 Å². The van der Waals surface area contributed by atoms with E-state index in [9.17, 15) is 21.8 Å². The third-order valence-electron chi connectivity index (χ3n) is 1.78. The molecule has 0 heterocycles. The quantitative estimate of drug-likeness (QED) is 0.640. The van der Waals surface area contributed by atoms with Gasteiger partial charge in [-0.25, -0.2) is 8.93 Å². The minimum atomic E-state index is -4.96. The second-order valence-electron chi connectivity index (χ2n) is 4.33. The summed E-state index contributed by atoms with van der Waals surface area (Å²) in [4.78, 5) is 0. The average Bonchev–Trinajstić information content (AvgIpc) is 2.09. The van der Waals surface area contributed by atoms with Gasteiger partial charge in [-0.3, -0.25) is 0 Å². The number of nitrogens with zero attached hydrogens (tertiary/aromatic N) is 1. The van der Waals surface area contributed by atoms with Crippen molar-refractivity contribution < 1.29 is 21.8 Å². The molecule has 1 N–H and O–H groups in total. The van der Waals surface area contributed by atoms with Crippen LogP contribution in [-0.4, -0.2) is 20.9 Å². The van der Waals surface area contributed by atoms with Crippen molar-refractivity contribution in [1.82, 2.24) is 4.72 Å². The molecular weight excluding hydrogens is 284 g/mol. The Morgan fingerprint density at radius 1 is 1.29 bits per heavy atom. The van der Waals surface area contributed by atoms with E-state index in [1.165, 1.54) is 20.8 Å². The van der Waals surface area contributed by atoms with E-state index in [1.807, 2.05) is 0 Å². The predicted molar refractivity (Wildman–Crippen MR) is 55.9 cm³/mol. The molecule has 0 aromatic heterocycles. The molecule has 0 rings (SSSR count). The molecule has 0 unspecified atom stereocenters. The zero-order valence-electron chi connectivity index (χ0n) is 9.23. The van der Waals surface area contributed by atoms with Crippen LogP contribution < -0.4 is 4.72 Å². The monoisotopic (exact) mass is 294 g/mol. The summed E-state index contributed by atoms with van der Waals surface area (Å²) in [6.07, 6.45) is 0. The van der Waals surface area contributed by atoms with Gasteiger partial charge in [-0.2, -0.15) is 22.8 Å². The highest BCUT2D eigenvalue weighted by molar-refractivity contribution is 7.84. The summed E-state index contributed by atoms with van der Waals surface area (Å²) in [6, 6.07) is 0.287. The van der Waals surface area contributed by atoms with E-state index in [0.29, 0.717) is 0 Å². The summed E-state index contributed by atoms with van der Waals surface area (Å²) in [5.41, 5.74) is -0.845. The molecule has 0 aliphatic rings. The van der Waals surface area contributed by atoms with Gasteiger partial charge in [0.2, 0.25) is 0 Å². The van der Waals surface area contributed by atoms with E-state index in [1.54, 1.807) is 10.8 Å². The van der Waals surface area contributed by atoms with Crippen molar-refractivity contribution in [2.75, 3.05) is 0 Å². The topological polar surface area (TPSA) is 52.9 Å². The van der Waals surface area contributed by atoms with E-state index < -0.39 is 33.1 Å². The van der Waals surface area contributed by atoms with Gasteiger partial charge in [-0.1, -0.05) is 20.8 Å². The zero-order valence-corrected chi connectivity index (χ0v) is 10.8. The number of hydrogen-bond donors (Lipinski definition) is 1. The number of rotatable bonds is 4. The fourth-order valence-electron chi connectivity index (χ4n) is 0.683. The predicted octanol–water partition coefficient (Wildman–Crippen LogP) is 2.60. The van der Waals surface area contributed by atoms with Crippen LogP contribution in [0.4, 0.5) is 17.6 Å². The Hall–Kier alpha value is -0.390. The average molecular weight is 295 g/mol. The molecule has 0 spiro atoms. The van der Waals surface area contributed by atoms with Crippen LogP contribution in [-0.2, 0) is 11.0 Å². The molecule has 3 nitrogen and oxygen atoms in total. The molecule has 0 amide bonds. The van der Waals surface area contributed by atoms with E-state index >= 15 is 0 Å². The van der Waals surface area contributed by atoms with Crippen LogP contribution in [0.5, 0.6) is 0 Å². The van der Waals surface area contributed by atoms with Gasteiger partial charge in [-0.05, 0) is 17.0 Å². The third kappa shape index (κ3) is 4.08. The zero-order chi connectivity index (χ0) is 14.1. The van der Waals surface area contributed by atoms with Crippen molar-refractivity contribution in [2.45, 2.75) is 37.4 Å². The van der Waals surface area contributed by atoms with Gasteiger partial charge >= 0.3 is 10.6 Å². The summed E-state index contributed by atoms with van der Waals surface area (Å²) >= 11 is 4.16. The lowest BCUT2D eigenvalue weighted by atomic mass is 9.88. The Kier molecular flexibility index (Phi) is 4.96. The van der Waals surface area contributed by atoms with Crippen molar-refractivity contribution in [2.24, 2.45) is 5.41 Å². The first-order chi connectivity index (χ1) is 7.34. The molecule has 0 aromatic carbocycles. The Balaban J connectivity index is 4.95. The number of nitriles is 1. The maximum Gasteiger partial charge on any atom is 0.410 e. The Bertz CT molecular complexity index is 345. The van der Waals surface area contributed by atoms with Crippen LogP contribution in [0.1, 0.15) is 20.8 Å². The second kappa shape index (κ2) is 5.08. The number of halogens is 5. The van der Waals surface area contributed by atoms with Gasteiger partial charge in [0.05, 0.1) is 6.07 Å². The first kappa shape index (κ1) is 16.6. The number of nitrogens with one attached hydrogen (secondary N) is 1. The van der Waals surface area contributed by atoms with Crippen molar-refractivity contribution in [3.8, 4) is 6.07 Å². The molecule has 2 atom stereocenters. The van der Waals surface area contributed by atoms with Crippen molar-refractivity contribution in [3.05, 3.63) is 0 Å². The molecular formula is C8H11ClF4N2OS. The first-order valence-corrected chi connectivity index (χ1v) is 5.89. The van der Waals surface area contributed by atoms with Crippen LogP contribution in [0.2, 0.25) is 0 Å². The Labute approximate surface area is 104 Å². The maximum absolute atomic E-state index is 12.9. The fourth-order valence-corrected chi connectivity index (χ4v) is 1.87. The minimum Gasteiger partial charge on any atom is -0.236 e. The SMILES string of the molecule is CC(C)(C)[C@H](C#N)N[S@@](=O)C(F)(F)C(F)(F)Cl. The van der Waals surface area contributed by atoms with Crippen LogP contribution in [0.3, 0.4) is 0 Å². The van der Waals surface area contributed by atoms with E-state index in [-0.39, 0.29) is 0 Å². The van der Waals surface area contributed by atoms with Gasteiger partial charge in [0.1, 0.15) is 6.04 Å². The molecule has 0 saturated heterocycles. The van der Waals surface area contributed by atoms with Gasteiger partial charge in [0.25, 0.3) is 0 Å². The van der Waals surface area contributed by atoms with Gasteiger partial charge < -0.3 is 0 Å². The van der Waals surface area contributed by atoms with Crippen molar-refractivity contribution >= 4 is 22.6 Å². The van der Waals surface area contributed by atoms with Gasteiger partial charge in [0.15, 0.2) is 11.0 Å². The van der Waals surface area contributed by atoms with E-state index in [0.717, 1.165) is 0 Å². The molecule has 0 fully saturated rings. The van der Waals surface area contributed by atoms with Crippen LogP contribution in [0, 0.1) is 16.7 Å². The standard InChI is InChI=1S/C8H11ClF4N2OS/c1-6(2,3)5(4-14)15-17(16)8(12,13)7(9,10)11/h5,15H,1-3H3/t5-,17-/m0/s1.